The molecule has 0 radical (unpaired) electrons. The van der Waals surface area contributed by atoms with Crippen molar-refractivity contribution in [1.82, 2.24) is 14.5 Å². The van der Waals surface area contributed by atoms with Crippen molar-refractivity contribution >= 4 is 23.4 Å². The number of hydrogen-bond donors (Lipinski definition) is 1. The molecule has 0 spiro atoms. The highest BCUT2D eigenvalue weighted by atomic mass is 35.5. The average Bonchev–Trinajstić information content (AvgIpc) is 3.04. The third-order valence-corrected chi connectivity index (χ3v) is 6.62. The molecule has 0 atom stereocenters. The number of nitrogens with zero attached hydrogens (tertiary/aromatic N) is 2. The monoisotopic (exact) mass is 407 g/mol. The summed E-state index contributed by atoms with van der Waals surface area (Å²) in [6.07, 6.45) is 8.49. The zero-order chi connectivity index (χ0) is 18.8. The molecule has 6 heteroatoms. The molecule has 156 valence electrons. The van der Waals surface area contributed by atoms with Crippen LogP contribution >= 0.6 is 12.4 Å². The van der Waals surface area contributed by atoms with Gasteiger partial charge in [-0.2, -0.15) is 0 Å². The van der Waals surface area contributed by atoms with Crippen molar-refractivity contribution in [2.75, 3.05) is 19.7 Å². The summed E-state index contributed by atoms with van der Waals surface area (Å²) in [4.78, 5) is 18.3. The maximum Gasteiger partial charge on any atom is 0.326 e. The number of H-pyrrole nitrogens is 1. The molecule has 4 rings (SSSR count). The molecule has 1 saturated heterocycles. The van der Waals surface area contributed by atoms with Crippen LogP contribution in [0.4, 0.5) is 0 Å². The van der Waals surface area contributed by atoms with Gasteiger partial charge in [-0.05, 0) is 69.6 Å². The van der Waals surface area contributed by atoms with E-state index in [1.54, 1.807) is 0 Å². The zero-order valence-corrected chi connectivity index (χ0v) is 18.0. The number of likely N-dealkylation sites (tertiary alicyclic amines) is 1. The van der Waals surface area contributed by atoms with Gasteiger partial charge in [0.25, 0.3) is 0 Å². The number of nitrogens with one attached hydrogen (secondary N) is 1. The van der Waals surface area contributed by atoms with E-state index in [4.69, 9.17) is 4.74 Å². The van der Waals surface area contributed by atoms with Gasteiger partial charge in [-0.15, -0.1) is 12.4 Å². The van der Waals surface area contributed by atoms with E-state index in [-0.39, 0.29) is 18.1 Å². The molecule has 1 N–H and O–H groups in total. The lowest BCUT2D eigenvalue weighted by molar-refractivity contribution is 0.00796. The first-order valence-corrected chi connectivity index (χ1v) is 10.8. The molecule has 0 amide bonds. The topological polar surface area (TPSA) is 50.3 Å². The Balaban J connectivity index is 0.00000225. The van der Waals surface area contributed by atoms with E-state index in [9.17, 15) is 4.79 Å². The third kappa shape index (κ3) is 4.32. The predicted molar refractivity (Wildman–Crippen MR) is 117 cm³/mol. The van der Waals surface area contributed by atoms with E-state index in [0.717, 1.165) is 50.0 Å². The number of halogens is 1. The second-order valence-corrected chi connectivity index (χ2v) is 8.16. The summed E-state index contributed by atoms with van der Waals surface area (Å²) in [6, 6.07) is 7.37. The molecule has 0 unspecified atom stereocenters. The fourth-order valence-electron chi connectivity index (χ4n) is 5.07. The van der Waals surface area contributed by atoms with E-state index in [2.05, 4.69) is 41.9 Å². The van der Waals surface area contributed by atoms with E-state index in [1.807, 2.05) is 4.57 Å². The molecule has 2 aliphatic rings. The summed E-state index contributed by atoms with van der Waals surface area (Å²) in [7, 11) is 0. The molecule has 2 aromatic rings. The molecule has 1 saturated carbocycles. The van der Waals surface area contributed by atoms with Crippen LogP contribution in [0.1, 0.15) is 64.0 Å². The van der Waals surface area contributed by atoms with Crippen molar-refractivity contribution in [3.8, 4) is 0 Å². The molecule has 5 nitrogen and oxygen atoms in total. The first kappa shape index (κ1) is 21.4. The van der Waals surface area contributed by atoms with Crippen LogP contribution in [0.15, 0.2) is 23.0 Å². The van der Waals surface area contributed by atoms with Crippen molar-refractivity contribution in [3.63, 3.8) is 0 Å². The van der Waals surface area contributed by atoms with Crippen molar-refractivity contribution in [2.24, 2.45) is 0 Å². The minimum atomic E-state index is 0. The van der Waals surface area contributed by atoms with Gasteiger partial charge in [-0.1, -0.05) is 13.0 Å². The van der Waals surface area contributed by atoms with Gasteiger partial charge in [0.1, 0.15) is 0 Å². The molecular weight excluding hydrogens is 374 g/mol. The lowest BCUT2D eigenvalue weighted by Crippen LogP contribution is -2.45. The fourth-order valence-corrected chi connectivity index (χ4v) is 5.07. The van der Waals surface area contributed by atoms with Gasteiger partial charge in [0.05, 0.1) is 17.1 Å². The average molecular weight is 408 g/mol. The molecular formula is C22H34ClN3O2. The van der Waals surface area contributed by atoms with Crippen molar-refractivity contribution in [2.45, 2.75) is 77.0 Å². The van der Waals surface area contributed by atoms with Gasteiger partial charge in [-0.3, -0.25) is 4.57 Å². The predicted octanol–water partition coefficient (Wildman–Crippen LogP) is 4.30. The Bertz CT molecular complexity index is 815. The molecule has 1 aromatic carbocycles. The van der Waals surface area contributed by atoms with Crippen LogP contribution in [0.25, 0.3) is 11.0 Å². The number of aromatic nitrogens is 2. The van der Waals surface area contributed by atoms with Crippen LogP contribution in [0, 0.1) is 0 Å². The van der Waals surface area contributed by atoms with E-state index in [1.165, 1.54) is 31.2 Å². The number of imidazole rings is 1. The van der Waals surface area contributed by atoms with Gasteiger partial charge in [-0.25, -0.2) is 4.79 Å². The second-order valence-electron chi connectivity index (χ2n) is 8.16. The standard InChI is InChI=1S/C22H33N3O2.ClH/c1-3-16-5-10-20-21(15-16)25(22(26)23-20)18-11-13-24(14-12-18)17-6-8-19(9-7-17)27-4-2;/h5,10,15,17-19H,3-4,6-9,11-14H2,1-2H3,(H,23,26);1H/t17-,19-;. The first-order chi connectivity index (χ1) is 13.2. The molecule has 28 heavy (non-hydrogen) atoms. The normalized spacial score (nSPS) is 24.4. The van der Waals surface area contributed by atoms with Gasteiger partial charge < -0.3 is 14.6 Å². The zero-order valence-electron chi connectivity index (χ0n) is 17.2. The Morgan fingerprint density at radius 1 is 1.04 bits per heavy atom. The Hall–Kier alpha value is -1.30. The number of fused-ring (bicyclic) bond motifs is 1. The highest BCUT2D eigenvalue weighted by molar-refractivity contribution is 5.85. The van der Waals surface area contributed by atoms with Crippen LogP contribution in [0.3, 0.4) is 0 Å². The van der Waals surface area contributed by atoms with Crippen LogP contribution in [0.2, 0.25) is 0 Å². The van der Waals surface area contributed by atoms with E-state index < -0.39 is 0 Å². The second kappa shape index (κ2) is 9.47. The third-order valence-electron chi connectivity index (χ3n) is 6.62. The van der Waals surface area contributed by atoms with Gasteiger partial charge in [0, 0.05) is 31.8 Å². The number of aryl methyl sites for hydroxylation is 1. The maximum atomic E-state index is 12.6. The van der Waals surface area contributed by atoms with E-state index >= 15 is 0 Å². The lowest BCUT2D eigenvalue weighted by atomic mass is 9.90. The number of benzene rings is 1. The minimum Gasteiger partial charge on any atom is -0.379 e. The Labute approximate surface area is 173 Å². The minimum absolute atomic E-state index is 0. The lowest BCUT2D eigenvalue weighted by Gasteiger charge is -2.41. The van der Waals surface area contributed by atoms with Crippen LogP contribution in [0.5, 0.6) is 0 Å². The summed E-state index contributed by atoms with van der Waals surface area (Å²) in [5, 5.41) is 0. The highest BCUT2D eigenvalue weighted by Gasteiger charge is 2.30. The number of hydrogen-bond acceptors (Lipinski definition) is 3. The largest absolute Gasteiger partial charge is 0.379 e. The van der Waals surface area contributed by atoms with Crippen LogP contribution in [-0.4, -0.2) is 46.3 Å². The van der Waals surface area contributed by atoms with Gasteiger partial charge in [0.2, 0.25) is 0 Å². The van der Waals surface area contributed by atoms with Crippen molar-refractivity contribution < 1.29 is 4.74 Å². The van der Waals surface area contributed by atoms with Gasteiger partial charge in [0.15, 0.2) is 0 Å². The number of ether oxygens (including phenoxy) is 1. The first-order valence-electron chi connectivity index (χ1n) is 10.8. The van der Waals surface area contributed by atoms with Crippen LogP contribution in [-0.2, 0) is 11.2 Å². The fraction of sp³-hybridized carbons (Fsp3) is 0.682. The highest BCUT2D eigenvalue weighted by Crippen LogP contribution is 2.31. The molecule has 1 aliphatic heterocycles. The smallest absolute Gasteiger partial charge is 0.326 e. The Kier molecular flexibility index (Phi) is 7.24. The van der Waals surface area contributed by atoms with Crippen LogP contribution < -0.4 is 5.69 Å². The van der Waals surface area contributed by atoms with E-state index in [0.29, 0.717) is 18.2 Å². The molecule has 2 heterocycles. The number of piperidine rings is 1. The maximum absolute atomic E-state index is 12.6. The van der Waals surface area contributed by atoms with Gasteiger partial charge >= 0.3 is 5.69 Å². The molecule has 0 bridgehead atoms. The van der Waals surface area contributed by atoms with Crippen molar-refractivity contribution in [3.05, 3.63) is 34.2 Å². The summed E-state index contributed by atoms with van der Waals surface area (Å²) in [6.45, 7) is 7.28. The molecule has 1 aromatic heterocycles. The molecule has 1 aliphatic carbocycles. The number of aromatic amines is 1. The summed E-state index contributed by atoms with van der Waals surface area (Å²) in [5.74, 6) is 0. The number of rotatable bonds is 5. The quantitative estimate of drug-likeness (QED) is 0.803. The summed E-state index contributed by atoms with van der Waals surface area (Å²) >= 11 is 0. The van der Waals surface area contributed by atoms with Crippen molar-refractivity contribution in [1.29, 1.82) is 0 Å². The summed E-state index contributed by atoms with van der Waals surface area (Å²) < 4.78 is 7.82. The Morgan fingerprint density at radius 2 is 1.75 bits per heavy atom. The SMILES string of the molecule is CCO[C@H]1CC[C@H](N2CCC(n3c(=O)[nH]c4ccc(CC)cc43)CC2)CC1.Cl. The Morgan fingerprint density at radius 3 is 2.39 bits per heavy atom. The summed E-state index contributed by atoms with van der Waals surface area (Å²) in [5.41, 5.74) is 3.39. The molecule has 2 fully saturated rings.